The Morgan fingerprint density at radius 2 is 1.95 bits per heavy atom. The van der Waals surface area contributed by atoms with E-state index < -0.39 is 5.97 Å². The number of hydrogen-bond donors (Lipinski definition) is 1. The minimum absolute atomic E-state index is 0.0834. The molecule has 1 saturated carbocycles. The van der Waals surface area contributed by atoms with Gasteiger partial charge in [-0.15, -0.1) is 11.3 Å². The molecule has 6 heteroatoms. The van der Waals surface area contributed by atoms with Gasteiger partial charge in [0.1, 0.15) is 4.88 Å². The number of thiophene rings is 1. The molecule has 1 aliphatic carbocycles. The maximum Gasteiger partial charge on any atom is 0.345 e. The van der Waals surface area contributed by atoms with Crippen LogP contribution in [0.5, 0.6) is 0 Å². The molecule has 1 aromatic carbocycles. The highest BCUT2D eigenvalue weighted by atomic mass is 79.9. The summed E-state index contributed by atoms with van der Waals surface area (Å²) in [4.78, 5) is 26.2. The number of carboxylic acid groups (broad SMARTS) is 1. The molecule has 3 rings (SSSR count). The van der Waals surface area contributed by atoms with Gasteiger partial charge in [0.2, 0.25) is 0 Å². The molecule has 0 bridgehead atoms. The van der Waals surface area contributed by atoms with Crippen molar-refractivity contribution in [3.8, 4) is 0 Å². The van der Waals surface area contributed by atoms with Crippen LogP contribution in [0.3, 0.4) is 0 Å². The van der Waals surface area contributed by atoms with E-state index in [-0.39, 0.29) is 16.8 Å². The maximum atomic E-state index is 12.7. The summed E-state index contributed by atoms with van der Waals surface area (Å²) in [5.41, 5.74) is 1.06. The fourth-order valence-electron chi connectivity index (χ4n) is 2.29. The van der Waals surface area contributed by atoms with Crippen molar-refractivity contribution < 1.29 is 14.7 Å². The van der Waals surface area contributed by atoms with E-state index >= 15 is 0 Å². The minimum Gasteiger partial charge on any atom is -0.477 e. The molecule has 0 spiro atoms. The summed E-state index contributed by atoms with van der Waals surface area (Å²) in [6.45, 7) is 0.545. The van der Waals surface area contributed by atoms with Gasteiger partial charge in [-0.1, -0.05) is 28.1 Å². The van der Waals surface area contributed by atoms with Crippen LogP contribution in [0, 0.1) is 0 Å². The third kappa shape index (κ3) is 3.39. The number of hydrogen-bond acceptors (Lipinski definition) is 3. The third-order valence-electron chi connectivity index (χ3n) is 3.52. The van der Waals surface area contributed by atoms with Gasteiger partial charge in [-0.2, -0.15) is 0 Å². The second kappa shape index (κ2) is 6.22. The number of benzene rings is 1. The van der Waals surface area contributed by atoms with E-state index in [0.717, 1.165) is 34.2 Å². The van der Waals surface area contributed by atoms with Crippen molar-refractivity contribution in [1.82, 2.24) is 4.90 Å². The molecule has 0 radical (unpaired) electrons. The highest BCUT2D eigenvalue weighted by Crippen LogP contribution is 2.31. The summed E-state index contributed by atoms with van der Waals surface area (Å²) in [7, 11) is 0. The van der Waals surface area contributed by atoms with Crippen molar-refractivity contribution in [2.45, 2.75) is 25.4 Å². The third-order valence-corrected chi connectivity index (χ3v) is 5.07. The lowest BCUT2D eigenvalue weighted by Crippen LogP contribution is -2.32. The monoisotopic (exact) mass is 379 g/mol. The van der Waals surface area contributed by atoms with Crippen LogP contribution >= 0.6 is 27.3 Å². The van der Waals surface area contributed by atoms with Crippen LogP contribution < -0.4 is 0 Å². The first kappa shape index (κ1) is 15.2. The Bertz CT molecular complexity index is 724. The average molecular weight is 380 g/mol. The normalized spacial score (nSPS) is 13.9. The summed E-state index contributed by atoms with van der Waals surface area (Å²) in [6.07, 6.45) is 2.02. The number of halogens is 1. The zero-order valence-corrected chi connectivity index (χ0v) is 14.1. The molecule has 1 N–H and O–H groups in total. The molecule has 114 valence electrons. The number of aromatic carboxylic acids is 1. The SMILES string of the molecule is O=C(O)c1ccc(C(=O)N(Cc2cccc(Br)c2)C2CC2)s1. The van der Waals surface area contributed by atoms with Crippen LogP contribution in [-0.4, -0.2) is 27.9 Å². The van der Waals surface area contributed by atoms with Gasteiger partial charge in [0.15, 0.2) is 0 Å². The second-order valence-corrected chi connectivity index (χ2v) is 7.26. The van der Waals surface area contributed by atoms with Gasteiger partial charge >= 0.3 is 5.97 Å². The Hall–Kier alpha value is -1.66. The minimum atomic E-state index is -0.992. The van der Waals surface area contributed by atoms with E-state index in [0.29, 0.717) is 11.4 Å². The molecule has 2 aromatic rings. The second-order valence-electron chi connectivity index (χ2n) is 5.26. The molecule has 0 atom stereocenters. The molecule has 0 saturated heterocycles. The summed E-state index contributed by atoms with van der Waals surface area (Å²) in [5.74, 6) is -1.08. The fraction of sp³-hybridized carbons (Fsp3) is 0.250. The number of amides is 1. The number of carbonyl (C=O) groups is 2. The van der Waals surface area contributed by atoms with E-state index in [4.69, 9.17) is 5.11 Å². The quantitative estimate of drug-likeness (QED) is 0.853. The zero-order chi connectivity index (χ0) is 15.7. The predicted octanol–water partition coefficient (Wildman–Crippen LogP) is 4.01. The fourth-order valence-corrected chi connectivity index (χ4v) is 3.54. The predicted molar refractivity (Wildman–Crippen MR) is 88.3 cm³/mol. The highest BCUT2D eigenvalue weighted by molar-refractivity contribution is 9.10. The maximum absolute atomic E-state index is 12.7. The lowest BCUT2D eigenvalue weighted by Gasteiger charge is -2.22. The van der Waals surface area contributed by atoms with Gasteiger partial charge < -0.3 is 10.0 Å². The molecule has 4 nitrogen and oxygen atoms in total. The van der Waals surface area contributed by atoms with E-state index in [1.807, 2.05) is 29.2 Å². The van der Waals surface area contributed by atoms with E-state index in [1.165, 1.54) is 6.07 Å². The highest BCUT2D eigenvalue weighted by Gasteiger charge is 2.33. The number of carboxylic acids is 1. The summed E-state index contributed by atoms with van der Waals surface area (Å²) in [5, 5.41) is 8.99. The first-order valence-electron chi connectivity index (χ1n) is 6.93. The van der Waals surface area contributed by atoms with Crippen LogP contribution in [0.15, 0.2) is 40.9 Å². The van der Waals surface area contributed by atoms with Crippen LogP contribution in [0.25, 0.3) is 0 Å². The first-order valence-corrected chi connectivity index (χ1v) is 8.54. The first-order chi connectivity index (χ1) is 10.5. The molecule has 1 aromatic heterocycles. The molecule has 22 heavy (non-hydrogen) atoms. The Morgan fingerprint density at radius 1 is 1.23 bits per heavy atom. The van der Waals surface area contributed by atoms with Crippen molar-refractivity contribution in [2.75, 3.05) is 0 Å². The van der Waals surface area contributed by atoms with Crippen LogP contribution in [0.1, 0.15) is 37.7 Å². The van der Waals surface area contributed by atoms with Crippen molar-refractivity contribution in [2.24, 2.45) is 0 Å². The lowest BCUT2D eigenvalue weighted by molar-refractivity contribution is 0.0700. The van der Waals surface area contributed by atoms with E-state index in [2.05, 4.69) is 15.9 Å². The number of carbonyl (C=O) groups excluding carboxylic acids is 1. The van der Waals surface area contributed by atoms with Crippen LogP contribution in [0.2, 0.25) is 0 Å². The topological polar surface area (TPSA) is 57.6 Å². The summed E-state index contributed by atoms with van der Waals surface area (Å²) < 4.78 is 0.984. The smallest absolute Gasteiger partial charge is 0.345 e. The molecule has 0 unspecified atom stereocenters. The number of rotatable bonds is 5. The molecule has 0 aliphatic heterocycles. The number of nitrogens with zero attached hydrogens (tertiary/aromatic N) is 1. The molecular weight excluding hydrogens is 366 g/mol. The van der Waals surface area contributed by atoms with Crippen LogP contribution in [0.4, 0.5) is 0 Å². The Balaban J connectivity index is 1.81. The van der Waals surface area contributed by atoms with Crippen molar-refractivity contribution in [1.29, 1.82) is 0 Å². The Morgan fingerprint density at radius 3 is 2.55 bits per heavy atom. The van der Waals surface area contributed by atoms with Gasteiger partial charge in [-0.05, 0) is 42.7 Å². The standard InChI is InChI=1S/C16H14BrNO3S/c17-11-3-1-2-10(8-11)9-18(12-4-5-12)15(19)13-6-7-14(22-13)16(20)21/h1-3,6-8,12H,4-5,9H2,(H,20,21). The molecule has 1 aliphatic rings. The van der Waals surface area contributed by atoms with Gasteiger partial charge in [0.25, 0.3) is 5.91 Å². The van der Waals surface area contributed by atoms with E-state index in [1.54, 1.807) is 6.07 Å². The average Bonchev–Trinajstić information content (AvgIpc) is 3.19. The molecule has 1 fully saturated rings. The van der Waals surface area contributed by atoms with Crippen molar-refractivity contribution >= 4 is 39.1 Å². The van der Waals surface area contributed by atoms with Crippen molar-refractivity contribution in [3.05, 3.63) is 56.2 Å². The zero-order valence-electron chi connectivity index (χ0n) is 11.7. The Kier molecular flexibility index (Phi) is 4.31. The van der Waals surface area contributed by atoms with Gasteiger partial charge in [0, 0.05) is 17.1 Å². The summed E-state index contributed by atoms with van der Waals surface area (Å²) >= 11 is 4.48. The molecule has 1 heterocycles. The van der Waals surface area contributed by atoms with Gasteiger partial charge in [-0.25, -0.2) is 4.79 Å². The van der Waals surface area contributed by atoms with E-state index in [9.17, 15) is 9.59 Å². The molecule has 1 amide bonds. The van der Waals surface area contributed by atoms with Crippen LogP contribution in [-0.2, 0) is 6.54 Å². The van der Waals surface area contributed by atoms with Gasteiger partial charge in [0.05, 0.1) is 4.88 Å². The van der Waals surface area contributed by atoms with Crippen molar-refractivity contribution in [3.63, 3.8) is 0 Å². The largest absolute Gasteiger partial charge is 0.477 e. The molecular formula is C16H14BrNO3S. The lowest BCUT2D eigenvalue weighted by atomic mass is 10.2. The van der Waals surface area contributed by atoms with Gasteiger partial charge in [-0.3, -0.25) is 4.79 Å². The Labute approximate surface area is 140 Å². The summed E-state index contributed by atoms with van der Waals surface area (Å²) in [6, 6.07) is 11.2.